The molecule has 0 bridgehead atoms. The van der Waals surface area contributed by atoms with Crippen LogP contribution in [-0.4, -0.2) is 75.0 Å². The highest BCUT2D eigenvalue weighted by molar-refractivity contribution is 5.94. The molecule has 2 fully saturated rings. The molecule has 3 amide bonds. The van der Waals surface area contributed by atoms with Crippen LogP contribution in [0.5, 0.6) is 5.75 Å². The van der Waals surface area contributed by atoms with Crippen molar-refractivity contribution in [2.24, 2.45) is 5.92 Å². The summed E-state index contributed by atoms with van der Waals surface area (Å²) >= 11 is 0. The van der Waals surface area contributed by atoms with Gasteiger partial charge in [0.2, 0.25) is 11.8 Å². The highest BCUT2D eigenvalue weighted by Gasteiger charge is 2.55. The Kier molecular flexibility index (Phi) is 6.70. The zero-order chi connectivity index (χ0) is 29.9. The number of nitrogens with zero attached hydrogens (tertiary/aromatic N) is 4. The summed E-state index contributed by atoms with van der Waals surface area (Å²) in [5, 5.41) is 21.0. The highest BCUT2D eigenvalue weighted by atomic mass is 19.1. The van der Waals surface area contributed by atoms with Crippen molar-refractivity contribution in [2.75, 3.05) is 20.2 Å². The normalized spacial score (nSPS) is 24.5. The van der Waals surface area contributed by atoms with E-state index in [2.05, 4.69) is 15.7 Å². The van der Waals surface area contributed by atoms with Crippen LogP contribution < -0.4 is 15.4 Å². The van der Waals surface area contributed by atoms with Crippen molar-refractivity contribution in [3.63, 3.8) is 0 Å². The first-order chi connectivity index (χ1) is 20.8. The third kappa shape index (κ3) is 4.84. The van der Waals surface area contributed by atoms with Crippen LogP contribution in [0.25, 0.3) is 11.1 Å². The molecule has 11 nitrogen and oxygen atoms in total. The lowest BCUT2D eigenvalue weighted by atomic mass is 9.90. The molecule has 1 saturated carbocycles. The number of benzene rings is 2. The summed E-state index contributed by atoms with van der Waals surface area (Å²) in [6, 6.07) is 9.92. The van der Waals surface area contributed by atoms with Gasteiger partial charge in [-0.2, -0.15) is 5.10 Å². The minimum atomic E-state index is -1.34. The minimum absolute atomic E-state index is 0.116. The number of aliphatic hydroxyl groups is 1. The number of aromatic nitrogens is 2. The second-order valence-corrected chi connectivity index (χ2v) is 11.8. The van der Waals surface area contributed by atoms with Gasteiger partial charge in [0.25, 0.3) is 5.91 Å². The third-order valence-electron chi connectivity index (χ3n) is 9.15. The Morgan fingerprint density at radius 1 is 1.16 bits per heavy atom. The van der Waals surface area contributed by atoms with Gasteiger partial charge in [-0.25, -0.2) is 4.39 Å². The Bertz CT molecular complexity index is 1620. The fourth-order valence-corrected chi connectivity index (χ4v) is 6.68. The maximum Gasteiger partial charge on any atom is 0.251 e. The first kappa shape index (κ1) is 27.5. The number of ether oxygens (including phenoxy) is 1. The fourth-order valence-electron chi connectivity index (χ4n) is 6.68. The summed E-state index contributed by atoms with van der Waals surface area (Å²) < 4.78 is 21.6. The van der Waals surface area contributed by atoms with E-state index in [-0.39, 0.29) is 43.4 Å². The van der Waals surface area contributed by atoms with E-state index in [0.717, 1.165) is 35.1 Å². The summed E-state index contributed by atoms with van der Waals surface area (Å²) in [5.41, 5.74) is 2.94. The minimum Gasteiger partial charge on any atom is -0.491 e. The van der Waals surface area contributed by atoms with Gasteiger partial charge in [0, 0.05) is 30.9 Å². The predicted octanol–water partition coefficient (Wildman–Crippen LogP) is 1.48. The summed E-state index contributed by atoms with van der Waals surface area (Å²) in [6.07, 6.45) is 5.17. The molecule has 0 radical (unpaired) electrons. The quantitative estimate of drug-likeness (QED) is 0.398. The lowest BCUT2D eigenvalue weighted by Crippen LogP contribution is -2.50. The molecule has 7 rings (SSSR count). The molecule has 3 N–H and O–H groups in total. The molecule has 1 spiro atoms. The van der Waals surface area contributed by atoms with Crippen LogP contribution in [0.15, 0.2) is 48.8 Å². The van der Waals surface area contributed by atoms with Gasteiger partial charge in [-0.15, -0.1) is 0 Å². The zero-order valence-corrected chi connectivity index (χ0v) is 23.8. The fraction of sp³-hybridized carbons (Fsp3) is 0.419. The maximum absolute atomic E-state index is 14.1. The van der Waals surface area contributed by atoms with Crippen LogP contribution >= 0.6 is 0 Å². The molecule has 12 heteroatoms. The van der Waals surface area contributed by atoms with Gasteiger partial charge < -0.3 is 20.1 Å². The van der Waals surface area contributed by atoms with Gasteiger partial charge in [-0.05, 0) is 66.5 Å². The van der Waals surface area contributed by atoms with Crippen molar-refractivity contribution in [1.82, 2.24) is 30.2 Å². The Balaban J connectivity index is 1.10. The molecule has 4 aliphatic rings. The van der Waals surface area contributed by atoms with Gasteiger partial charge in [-0.1, -0.05) is 18.2 Å². The average molecular weight is 589 g/mol. The largest absolute Gasteiger partial charge is 0.491 e. The zero-order valence-electron chi connectivity index (χ0n) is 23.8. The van der Waals surface area contributed by atoms with E-state index in [1.54, 1.807) is 35.1 Å². The van der Waals surface area contributed by atoms with E-state index in [4.69, 9.17) is 4.74 Å². The third-order valence-corrected chi connectivity index (χ3v) is 9.15. The monoisotopic (exact) mass is 588 g/mol. The van der Waals surface area contributed by atoms with Gasteiger partial charge >= 0.3 is 0 Å². The number of hydrogen-bond acceptors (Lipinski definition) is 7. The summed E-state index contributed by atoms with van der Waals surface area (Å²) in [4.78, 5) is 42.3. The summed E-state index contributed by atoms with van der Waals surface area (Å²) in [5.74, 6) is -0.370. The Morgan fingerprint density at radius 3 is 2.79 bits per heavy atom. The number of likely N-dealkylation sites (N-methyl/N-ethyl adjacent to an activating group) is 1. The number of hydrogen-bond donors (Lipinski definition) is 3. The number of rotatable bonds is 6. The van der Waals surface area contributed by atoms with Crippen molar-refractivity contribution >= 4 is 17.7 Å². The number of carbonyl (C=O) groups is 3. The standard InChI is InChI=1S/C31H33FN6O5/c1-33-27(39)15-36-13-22(12-34-36)19-4-6-24-20(10-19)8-9-31(24)29(41)38(30(42)35-31)16-28(40)37-14-21-11-23(32)5-7-26(21)43-17-25(37)18-2-3-18/h4-7,10-13,18,25,30,35,42H,2-3,8-9,14-17H2,1H3,(H,33,39)/t25-,30?,31?/m0/s1. The van der Waals surface area contributed by atoms with Crippen molar-refractivity contribution in [2.45, 2.75) is 56.7 Å². The van der Waals surface area contributed by atoms with Crippen molar-refractivity contribution in [1.29, 1.82) is 0 Å². The van der Waals surface area contributed by atoms with Crippen LogP contribution in [0.2, 0.25) is 0 Å². The molecule has 43 heavy (non-hydrogen) atoms. The summed E-state index contributed by atoms with van der Waals surface area (Å²) in [7, 11) is 1.57. The van der Waals surface area contributed by atoms with Gasteiger partial charge in [0.15, 0.2) is 6.35 Å². The van der Waals surface area contributed by atoms with Crippen molar-refractivity contribution in [3.8, 4) is 16.9 Å². The topological polar surface area (TPSA) is 129 Å². The van der Waals surface area contributed by atoms with E-state index in [9.17, 15) is 23.9 Å². The first-order valence-corrected chi connectivity index (χ1v) is 14.6. The molecular formula is C31H33FN6O5. The molecule has 2 aliphatic heterocycles. The van der Waals surface area contributed by atoms with Crippen molar-refractivity contribution < 1.29 is 28.6 Å². The van der Waals surface area contributed by atoms with E-state index in [0.29, 0.717) is 36.7 Å². The first-order valence-electron chi connectivity index (χ1n) is 14.6. The van der Waals surface area contributed by atoms with Crippen LogP contribution in [0.3, 0.4) is 0 Å². The van der Waals surface area contributed by atoms with E-state index in [1.165, 1.54) is 17.0 Å². The molecular weight excluding hydrogens is 555 g/mol. The van der Waals surface area contributed by atoms with E-state index < -0.39 is 17.7 Å². The van der Waals surface area contributed by atoms with Crippen LogP contribution in [-0.2, 0) is 39.4 Å². The molecule has 1 aromatic heterocycles. The van der Waals surface area contributed by atoms with E-state index >= 15 is 0 Å². The molecule has 3 heterocycles. The number of nitrogens with one attached hydrogen (secondary N) is 2. The second kappa shape index (κ2) is 10.5. The van der Waals surface area contributed by atoms with E-state index in [1.807, 2.05) is 18.2 Å². The lowest BCUT2D eigenvalue weighted by molar-refractivity contribution is -0.147. The van der Waals surface area contributed by atoms with Crippen LogP contribution in [0.4, 0.5) is 4.39 Å². The number of halogens is 1. The Labute approximate surface area is 247 Å². The SMILES string of the molecule is CNC(=O)Cn1cc(-c2ccc3c(c2)CCC32NC(O)N(CC(=O)N3Cc4cc(F)ccc4OC[C@H]3C3CC3)C2=O)cn1. The summed E-state index contributed by atoms with van der Waals surface area (Å²) in [6.45, 7) is 0.286. The van der Waals surface area contributed by atoms with Crippen molar-refractivity contribution in [3.05, 3.63) is 71.3 Å². The smallest absolute Gasteiger partial charge is 0.251 e. The number of aryl methyl sites for hydroxylation is 1. The van der Waals surface area contributed by atoms with Gasteiger partial charge in [0.1, 0.15) is 36.8 Å². The predicted molar refractivity (Wildman–Crippen MR) is 152 cm³/mol. The van der Waals surface area contributed by atoms with Gasteiger partial charge in [0.05, 0.1) is 12.2 Å². The van der Waals surface area contributed by atoms with Crippen LogP contribution in [0, 0.1) is 11.7 Å². The molecule has 2 aromatic carbocycles. The number of carbonyl (C=O) groups excluding carboxylic acids is 3. The lowest BCUT2D eigenvalue weighted by Gasteiger charge is -2.31. The molecule has 2 aliphatic carbocycles. The molecule has 1 saturated heterocycles. The molecule has 3 aromatic rings. The van der Waals surface area contributed by atoms with Gasteiger partial charge in [-0.3, -0.25) is 29.3 Å². The Hall–Kier alpha value is -4.29. The molecule has 224 valence electrons. The Morgan fingerprint density at radius 2 is 2.00 bits per heavy atom. The molecule has 3 atom stereocenters. The maximum atomic E-state index is 14.1. The highest BCUT2D eigenvalue weighted by Crippen LogP contribution is 2.44. The second-order valence-electron chi connectivity index (χ2n) is 11.8. The number of amides is 3. The molecule has 2 unspecified atom stereocenters. The number of fused-ring (bicyclic) bond motifs is 3. The van der Waals surface area contributed by atoms with Crippen LogP contribution in [0.1, 0.15) is 36.0 Å². The number of aliphatic hydroxyl groups excluding tert-OH is 1. The average Bonchev–Trinajstić information content (AvgIpc) is 3.61.